The minimum atomic E-state index is -0.121. The molecule has 0 spiro atoms. The summed E-state index contributed by atoms with van der Waals surface area (Å²) in [5.74, 6) is -0.121. The number of nitrogens with one attached hydrogen (secondary N) is 2. The second kappa shape index (κ2) is 5.97. The number of carbonyl (C=O) groups is 1. The lowest BCUT2D eigenvalue weighted by Crippen LogP contribution is -2.34. The highest BCUT2D eigenvalue weighted by Crippen LogP contribution is 2.12. The van der Waals surface area contributed by atoms with E-state index >= 15 is 0 Å². The van der Waals surface area contributed by atoms with Crippen molar-refractivity contribution in [2.24, 2.45) is 7.05 Å². The maximum Gasteiger partial charge on any atom is 0.250 e. The first-order valence-electron chi connectivity index (χ1n) is 6.27. The summed E-state index contributed by atoms with van der Waals surface area (Å²) in [5.41, 5.74) is 1.56. The predicted octanol–water partition coefficient (Wildman–Crippen LogP) is 0.436. The molecular weight excluding hydrogens is 232 g/mol. The molecule has 2 heterocycles. The van der Waals surface area contributed by atoms with Gasteiger partial charge in [0.05, 0.1) is 17.5 Å². The highest BCUT2D eigenvalue weighted by Gasteiger charge is 2.15. The molecule has 0 bridgehead atoms. The van der Waals surface area contributed by atoms with E-state index in [-0.39, 0.29) is 18.6 Å². The maximum absolute atomic E-state index is 11.7. The molecule has 6 nitrogen and oxygen atoms in total. The van der Waals surface area contributed by atoms with Crippen LogP contribution in [-0.2, 0) is 16.6 Å². The van der Waals surface area contributed by atoms with E-state index in [0.29, 0.717) is 0 Å². The molecule has 0 atom stereocenters. The van der Waals surface area contributed by atoms with Crippen molar-refractivity contribution in [3.05, 3.63) is 11.9 Å². The number of piperidine rings is 1. The Balaban J connectivity index is 1.76. The summed E-state index contributed by atoms with van der Waals surface area (Å²) in [6.07, 6.45) is 3.93. The van der Waals surface area contributed by atoms with Crippen LogP contribution in [0, 0.1) is 6.92 Å². The van der Waals surface area contributed by atoms with Gasteiger partial charge in [0.1, 0.15) is 6.61 Å². The lowest BCUT2D eigenvalue weighted by atomic mass is 10.1. The number of aromatic nitrogens is 2. The minimum Gasteiger partial charge on any atom is -0.368 e. The first-order valence-corrected chi connectivity index (χ1v) is 6.27. The number of aryl methyl sites for hydroxylation is 2. The van der Waals surface area contributed by atoms with Crippen LogP contribution >= 0.6 is 0 Å². The van der Waals surface area contributed by atoms with Gasteiger partial charge in [0.15, 0.2) is 0 Å². The van der Waals surface area contributed by atoms with Crippen LogP contribution in [0.15, 0.2) is 6.20 Å². The quantitative estimate of drug-likeness (QED) is 0.815. The van der Waals surface area contributed by atoms with Crippen LogP contribution < -0.4 is 10.6 Å². The topological polar surface area (TPSA) is 68.2 Å². The molecule has 1 aliphatic heterocycles. The molecule has 100 valence electrons. The van der Waals surface area contributed by atoms with Gasteiger partial charge in [-0.3, -0.25) is 9.48 Å². The van der Waals surface area contributed by atoms with Crippen molar-refractivity contribution >= 4 is 11.6 Å². The van der Waals surface area contributed by atoms with Gasteiger partial charge in [-0.2, -0.15) is 5.10 Å². The molecule has 1 amide bonds. The smallest absolute Gasteiger partial charge is 0.250 e. The third kappa shape index (κ3) is 3.54. The van der Waals surface area contributed by atoms with Gasteiger partial charge in [-0.1, -0.05) is 0 Å². The Kier molecular flexibility index (Phi) is 4.33. The molecule has 0 aliphatic carbocycles. The molecule has 0 saturated carbocycles. The fourth-order valence-electron chi connectivity index (χ4n) is 2.06. The Morgan fingerprint density at radius 1 is 1.61 bits per heavy atom. The first-order chi connectivity index (χ1) is 8.65. The Morgan fingerprint density at radius 2 is 2.33 bits per heavy atom. The maximum atomic E-state index is 11.7. The van der Waals surface area contributed by atoms with E-state index in [1.54, 1.807) is 10.9 Å². The van der Waals surface area contributed by atoms with Crippen molar-refractivity contribution in [2.45, 2.75) is 25.9 Å². The second-order valence-corrected chi connectivity index (χ2v) is 4.61. The summed E-state index contributed by atoms with van der Waals surface area (Å²) in [6, 6.07) is 0. The van der Waals surface area contributed by atoms with Crippen LogP contribution in [-0.4, -0.2) is 41.5 Å². The van der Waals surface area contributed by atoms with E-state index < -0.39 is 0 Å². The van der Waals surface area contributed by atoms with Crippen molar-refractivity contribution in [3.63, 3.8) is 0 Å². The van der Waals surface area contributed by atoms with Gasteiger partial charge in [0.2, 0.25) is 5.91 Å². The van der Waals surface area contributed by atoms with Gasteiger partial charge in [-0.05, 0) is 32.9 Å². The van der Waals surface area contributed by atoms with E-state index in [1.165, 1.54) is 0 Å². The molecule has 0 unspecified atom stereocenters. The predicted molar refractivity (Wildman–Crippen MR) is 68.4 cm³/mol. The minimum absolute atomic E-state index is 0.110. The zero-order valence-corrected chi connectivity index (χ0v) is 10.9. The highest BCUT2D eigenvalue weighted by atomic mass is 16.5. The molecule has 1 aromatic heterocycles. The summed E-state index contributed by atoms with van der Waals surface area (Å²) < 4.78 is 7.26. The van der Waals surface area contributed by atoms with Crippen LogP contribution in [0.1, 0.15) is 18.5 Å². The van der Waals surface area contributed by atoms with E-state index in [2.05, 4.69) is 15.7 Å². The molecule has 2 rings (SSSR count). The summed E-state index contributed by atoms with van der Waals surface area (Å²) in [5, 5.41) is 10.2. The number of rotatable bonds is 4. The number of anilines is 1. The Hall–Kier alpha value is -1.40. The van der Waals surface area contributed by atoms with Crippen LogP contribution in [0.4, 0.5) is 5.69 Å². The van der Waals surface area contributed by atoms with E-state index in [4.69, 9.17) is 4.74 Å². The third-order valence-electron chi connectivity index (χ3n) is 3.02. The number of carbonyl (C=O) groups excluding carboxylic acids is 1. The highest BCUT2D eigenvalue weighted by molar-refractivity contribution is 5.92. The van der Waals surface area contributed by atoms with Gasteiger partial charge in [0, 0.05) is 13.2 Å². The molecule has 0 radical (unpaired) electrons. The molecule has 1 fully saturated rings. The lowest BCUT2D eigenvalue weighted by molar-refractivity contribution is -0.123. The van der Waals surface area contributed by atoms with Gasteiger partial charge >= 0.3 is 0 Å². The van der Waals surface area contributed by atoms with Crippen molar-refractivity contribution in [1.82, 2.24) is 15.1 Å². The number of ether oxygens (including phenoxy) is 1. The Morgan fingerprint density at radius 3 is 2.94 bits per heavy atom. The van der Waals surface area contributed by atoms with Crippen LogP contribution in [0.5, 0.6) is 0 Å². The first kappa shape index (κ1) is 13.0. The normalized spacial score (nSPS) is 16.8. The molecule has 18 heavy (non-hydrogen) atoms. The van der Waals surface area contributed by atoms with Crippen LogP contribution in [0.25, 0.3) is 0 Å². The van der Waals surface area contributed by atoms with Gasteiger partial charge < -0.3 is 15.4 Å². The Bertz CT molecular complexity index is 410. The second-order valence-electron chi connectivity index (χ2n) is 4.61. The monoisotopic (exact) mass is 252 g/mol. The molecule has 1 aliphatic rings. The molecule has 0 aromatic carbocycles. The van der Waals surface area contributed by atoms with E-state index in [0.717, 1.165) is 37.3 Å². The summed E-state index contributed by atoms with van der Waals surface area (Å²) >= 11 is 0. The van der Waals surface area contributed by atoms with Gasteiger partial charge in [0.25, 0.3) is 0 Å². The molecular formula is C12H20N4O2. The van der Waals surface area contributed by atoms with Gasteiger partial charge in [-0.15, -0.1) is 0 Å². The fraction of sp³-hybridized carbons (Fsp3) is 0.667. The largest absolute Gasteiger partial charge is 0.368 e. The standard InChI is InChI=1S/C12H20N4O2/c1-9-11(7-16(2)15-9)14-12(17)8-18-10-3-5-13-6-4-10/h7,10,13H,3-6,8H2,1-2H3,(H,14,17). The van der Waals surface area contributed by atoms with E-state index in [9.17, 15) is 4.79 Å². The summed E-state index contributed by atoms with van der Waals surface area (Å²) in [7, 11) is 1.83. The summed E-state index contributed by atoms with van der Waals surface area (Å²) in [6.45, 7) is 3.91. The fourth-order valence-corrected chi connectivity index (χ4v) is 2.06. The molecule has 1 aromatic rings. The lowest BCUT2D eigenvalue weighted by Gasteiger charge is -2.22. The number of nitrogens with zero attached hydrogens (tertiary/aromatic N) is 2. The number of hydrogen-bond acceptors (Lipinski definition) is 4. The van der Waals surface area contributed by atoms with Crippen molar-refractivity contribution in [2.75, 3.05) is 25.0 Å². The molecule has 6 heteroatoms. The Labute approximate surface area is 107 Å². The zero-order valence-electron chi connectivity index (χ0n) is 10.9. The van der Waals surface area contributed by atoms with Gasteiger partial charge in [-0.25, -0.2) is 0 Å². The average molecular weight is 252 g/mol. The van der Waals surface area contributed by atoms with E-state index in [1.807, 2.05) is 14.0 Å². The summed E-state index contributed by atoms with van der Waals surface area (Å²) in [4.78, 5) is 11.7. The average Bonchev–Trinajstić information content (AvgIpc) is 2.67. The van der Waals surface area contributed by atoms with Crippen molar-refractivity contribution in [1.29, 1.82) is 0 Å². The zero-order chi connectivity index (χ0) is 13.0. The molecule has 2 N–H and O–H groups in total. The molecule has 1 saturated heterocycles. The number of amides is 1. The van der Waals surface area contributed by atoms with Crippen molar-refractivity contribution < 1.29 is 9.53 Å². The van der Waals surface area contributed by atoms with Crippen LogP contribution in [0.2, 0.25) is 0 Å². The van der Waals surface area contributed by atoms with Crippen LogP contribution in [0.3, 0.4) is 0 Å². The third-order valence-corrected chi connectivity index (χ3v) is 3.02. The SMILES string of the molecule is Cc1nn(C)cc1NC(=O)COC1CCNCC1. The van der Waals surface area contributed by atoms with Crippen molar-refractivity contribution in [3.8, 4) is 0 Å². The number of hydrogen-bond donors (Lipinski definition) is 2.